The summed E-state index contributed by atoms with van der Waals surface area (Å²) >= 11 is 0. The molecule has 100 valence electrons. The highest BCUT2D eigenvalue weighted by Gasteiger charge is 2.15. The van der Waals surface area contributed by atoms with Crippen LogP contribution < -0.4 is 0 Å². The average molecular weight is 268 g/mol. The van der Waals surface area contributed by atoms with Crippen LogP contribution in [-0.4, -0.2) is 21.3 Å². The molecule has 0 fully saturated rings. The molecule has 1 N–H and O–H groups in total. The molecular formula is C12H10F2N2O3. The summed E-state index contributed by atoms with van der Waals surface area (Å²) in [6.07, 6.45) is 0.588. The van der Waals surface area contributed by atoms with Gasteiger partial charge < -0.3 is 9.52 Å². The largest absolute Gasteiger partial charge is 0.481 e. The molecule has 2 rings (SSSR count). The smallest absolute Gasteiger partial charge is 0.303 e. The molecule has 7 heteroatoms. The molecule has 0 aliphatic carbocycles. The van der Waals surface area contributed by atoms with Crippen molar-refractivity contribution >= 4 is 5.97 Å². The topological polar surface area (TPSA) is 76.2 Å². The molecule has 0 radical (unpaired) electrons. The normalized spacial score (nSPS) is 10.6. The second-order valence-corrected chi connectivity index (χ2v) is 3.85. The third-order valence-corrected chi connectivity index (χ3v) is 2.43. The lowest BCUT2D eigenvalue weighted by Crippen LogP contribution is -1.95. The van der Waals surface area contributed by atoms with E-state index in [9.17, 15) is 13.6 Å². The van der Waals surface area contributed by atoms with Crippen molar-refractivity contribution in [2.75, 3.05) is 0 Å². The average Bonchev–Trinajstić information content (AvgIpc) is 2.81. The maximum absolute atomic E-state index is 13.5. The van der Waals surface area contributed by atoms with Gasteiger partial charge in [-0.2, -0.15) is 0 Å². The van der Waals surface area contributed by atoms with Gasteiger partial charge in [0, 0.05) is 12.8 Å². The van der Waals surface area contributed by atoms with E-state index in [2.05, 4.69) is 10.2 Å². The quantitative estimate of drug-likeness (QED) is 0.901. The van der Waals surface area contributed by atoms with E-state index in [1.54, 1.807) is 0 Å². The number of aliphatic carboxylic acids is 1. The van der Waals surface area contributed by atoms with E-state index in [1.165, 1.54) is 12.1 Å². The summed E-state index contributed by atoms with van der Waals surface area (Å²) in [5, 5.41) is 15.8. The molecule has 0 aliphatic rings. The van der Waals surface area contributed by atoms with Gasteiger partial charge in [-0.05, 0) is 18.6 Å². The van der Waals surface area contributed by atoms with Crippen LogP contribution in [0.25, 0.3) is 11.5 Å². The highest BCUT2D eigenvalue weighted by molar-refractivity contribution is 5.66. The van der Waals surface area contributed by atoms with Crippen LogP contribution in [0.5, 0.6) is 0 Å². The van der Waals surface area contributed by atoms with Crippen molar-refractivity contribution in [3.63, 3.8) is 0 Å². The van der Waals surface area contributed by atoms with Crippen LogP contribution in [0.15, 0.2) is 22.6 Å². The van der Waals surface area contributed by atoms with Gasteiger partial charge >= 0.3 is 5.97 Å². The van der Waals surface area contributed by atoms with Crippen LogP contribution in [-0.2, 0) is 11.2 Å². The minimum absolute atomic E-state index is 0.0218. The van der Waals surface area contributed by atoms with Crippen LogP contribution in [0.4, 0.5) is 8.78 Å². The minimum Gasteiger partial charge on any atom is -0.481 e. The third-order valence-electron chi connectivity index (χ3n) is 2.43. The second-order valence-electron chi connectivity index (χ2n) is 3.85. The Morgan fingerprint density at radius 2 is 2.11 bits per heavy atom. The molecule has 0 saturated carbocycles. The number of aryl methyl sites for hydroxylation is 1. The van der Waals surface area contributed by atoms with Crippen molar-refractivity contribution in [2.45, 2.75) is 19.3 Å². The first kappa shape index (κ1) is 13.1. The number of nitrogens with zero attached hydrogens (tertiary/aromatic N) is 2. The van der Waals surface area contributed by atoms with Gasteiger partial charge in [-0.25, -0.2) is 8.78 Å². The number of halogens is 2. The van der Waals surface area contributed by atoms with Gasteiger partial charge in [0.2, 0.25) is 5.89 Å². The summed E-state index contributed by atoms with van der Waals surface area (Å²) in [5.74, 6) is -2.90. The van der Waals surface area contributed by atoms with Crippen LogP contribution >= 0.6 is 0 Å². The zero-order chi connectivity index (χ0) is 13.8. The van der Waals surface area contributed by atoms with Crippen LogP contribution in [0.3, 0.4) is 0 Å². The highest BCUT2D eigenvalue weighted by Crippen LogP contribution is 2.23. The number of hydrogen-bond donors (Lipinski definition) is 1. The number of carboxylic acids is 1. The minimum atomic E-state index is -1.05. The number of aromatic nitrogens is 2. The molecule has 19 heavy (non-hydrogen) atoms. The van der Waals surface area contributed by atoms with Crippen molar-refractivity contribution < 1.29 is 23.1 Å². The zero-order valence-corrected chi connectivity index (χ0v) is 9.77. The fraction of sp³-hybridized carbons (Fsp3) is 0.250. The van der Waals surface area contributed by atoms with Crippen molar-refractivity contribution in [1.29, 1.82) is 0 Å². The van der Waals surface area contributed by atoms with Crippen molar-refractivity contribution in [3.8, 4) is 11.5 Å². The summed E-state index contributed by atoms with van der Waals surface area (Å²) in [6, 6.07) is 3.65. The van der Waals surface area contributed by atoms with Gasteiger partial charge in [-0.15, -0.1) is 10.2 Å². The predicted octanol–water partition coefficient (Wildman–Crippen LogP) is 2.42. The lowest BCUT2D eigenvalue weighted by Gasteiger charge is -1.97. The first-order valence-corrected chi connectivity index (χ1v) is 5.56. The molecule has 0 saturated heterocycles. The molecule has 0 atom stereocenters. The Hall–Kier alpha value is -2.31. The summed E-state index contributed by atoms with van der Waals surface area (Å²) in [6.45, 7) is 0. The van der Waals surface area contributed by atoms with Gasteiger partial charge in [0.05, 0.1) is 5.56 Å². The lowest BCUT2D eigenvalue weighted by molar-refractivity contribution is -0.137. The van der Waals surface area contributed by atoms with E-state index in [-0.39, 0.29) is 30.2 Å². The van der Waals surface area contributed by atoms with Crippen LogP contribution in [0.1, 0.15) is 18.7 Å². The maximum Gasteiger partial charge on any atom is 0.303 e. The number of rotatable bonds is 5. The SMILES string of the molecule is O=C(O)CCCc1nnc(-c2cccc(F)c2F)o1. The second kappa shape index (κ2) is 5.55. The van der Waals surface area contributed by atoms with Gasteiger partial charge in [0.15, 0.2) is 11.6 Å². The van der Waals surface area contributed by atoms with E-state index < -0.39 is 17.6 Å². The Morgan fingerprint density at radius 3 is 2.84 bits per heavy atom. The Labute approximate surface area is 106 Å². The van der Waals surface area contributed by atoms with Crippen molar-refractivity contribution in [2.24, 2.45) is 0 Å². The van der Waals surface area contributed by atoms with E-state index in [4.69, 9.17) is 9.52 Å². The predicted molar refractivity (Wildman–Crippen MR) is 60.2 cm³/mol. The van der Waals surface area contributed by atoms with E-state index in [0.717, 1.165) is 6.07 Å². The molecule has 1 heterocycles. The van der Waals surface area contributed by atoms with Gasteiger partial charge in [0.1, 0.15) is 0 Å². The van der Waals surface area contributed by atoms with Crippen LogP contribution in [0, 0.1) is 11.6 Å². The molecule has 1 aromatic heterocycles. The van der Waals surface area contributed by atoms with Crippen LogP contribution in [0.2, 0.25) is 0 Å². The number of benzene rings is 1. The fourth-order valence-corrected chi connectivity index (χ4v) is 1.52. The molecule has 0 bridgehead atoms. The Morgan fingerprint density at radius 1 is 1.32 bits per heavy atom. The Balaban J connectivity index is 2.12. The molecule has 5 nitrogen and oxygen atoms in total. The van der Waals surface area contributed by atoms with E-state index in [1.807, 2.05) is 0 Å². The maximum atomic E-state index is 13.5. The highest BCUT2D eigenvalue weighted by atomic mass is 19.2. The van der Waals surface area contributed by atoms with E-state index in [0.29, 0.717) is 6.42 Å². The first-order valence-electron chi connectivity index (χ1n) is 5.56. The summed E-state index contributed by atoms with van der Waals surface area (Å²) in [5.41, 5.74) is -0.114. The Kier molecular flexibility index (Phi) is 3.84. The molecular weight excluding hydrogens is 258 g/mol. The standard InChI is InChI=1S/C12H10F2N2O3/c13-8-4-1-3-7(11(8)14)12-16-15-9(19-12)5-2-6-10(17)18/h1,3-4H,2,5-6H2,(H,17,18). The molecule has 0 amide bonds. The zero-order valence-electron chi connectivity index (χ0n) is 9.77. The van der Waals surface area contributed by atoms with Crippen molar-refractivity contribution in [3.05, 3.63) is 35.7 Å². The van der Waals surface area contributed by atoms with Crippen molar-refractivity contribution in [1.82, 2.24) is 10.2 Å². The number of carbonyl (C=O) groups is 1. The first-order chi connectivity index (χ1) is 9.08. The summed E-state index contributed by atoms with van der Waals surface area (Å²) in [7, 11) is 0. The summed E-state index contributed by atoms with van der Waals surface area (Å²) in [4.78, 5) is 10.3. The molecule has 0 aliphatic heterocycles. The molecule has 1 aromatic carbocycles. The Bertz CT molecular complexity index is 598. The molecule has 0 spiro atoms. The summed E-state index contributed by atoms with van der Waals surface area (Å²) < 4.78 is 31.7. The monoisotopic (exact) mass is 268 g/mol. The number of carboxylic acid groups (broad SMARTS) is 1. The molecule has 2 aromatic rings. The third kappa shape index (κ3) is 3.12. The van der Waals surface area contributed by atoms with Gasteiger partial charge in [-0.3, -0.25) is 4.79 Å². The number of hydrogen-bond acceptors (Lipinski definition) is 4. The van der Waals surface area contributed by atoms with Gasteiger partial charge in [-0.1, -0.05) is 6.07 Å². The van der Waals surface area contributed by atoms with Gasteiger partial charge in [0.25, 0.3) is 5.89 Å². The fourth-order valence-electron chi connectivity index (χ4n) is 1.52. The lowest BCUT2D eigenvalue weighted by atomic mass is 10.2. The molecule has 0 unspecified atom stereocenters. The van der Waals surface area contributed by atoms with E-state index >= 15 is 0 Å².